The van der Waals surface area contributed by atoms with Crippen LogP contribution >= 0.6 is 11.3 Å². The number of aromatic nitrogens is 2. The summed E-state index contributed by atoms with van der Waals surface area (Å²) in [5.74, 6) is 0.327. The first-order valence-corrected chi connectivity index (χ1v) is 10.7. The minimum atomic E-state index is -0.378. The minimum Gasteiger partial charge on any atom is -0.341 e. The Balaban J connectivity index is 1.93. The first-order chi connectivity index (χ1) is 12.9. The maximum absolute atomic E-state index is 13.0. The van der Waals surface area contributed by atoms with E-state index >= 15 is 0 Å². The van der Waals surface area contributed by atoms with Crippen LogP contribution in [0.3, 0.4) is 0 Å². The SMILES string of the molecule is CC(C)CCn1c(=O)c2sccc2n(CC(=O)N(C)C2CCCCC2)c1=O. The normalized spacial score (nSPS) is 15.6. The van der Waals surface area contributed by atoms with Gasteiger partial charge in [-0.05, 0) is 36.6 Å². The van der Waals surface area contributed by atoms with Crippen molar-refractivity contribution in [3.05, 3.63) is 32.3 Å². The monoisotopic (exact) mass is 391 g/mol. The number of likely N-dealkylation sites (N-methyl/N-ethyl adjacent to an activating group) is 1. The Kier molecular flexibility index (Phi) is 6.19. The fraction of sp³-hybridized carbons (Fsp3) is 0.650. The molecule has 3 rings (SSSR count). The molecule has 0 bridgehead atoms. The van der Waals surface area contributed by atoms with Crippen molar-refractivity contribution < 1.29 is 4.79 Å². The summed E-state index contributed by atoms with van der Waals surface area (Å²) in [4.78, 5) is 40.4. The van der Waals surface area contributed by atoms with Gasteiger partial charge < -0.3 is 4.90 Å². The summed E-state index contributed by atoms with van der Waals surface area (Å²) in [7, 11) is 1.84. The van der Waals surface area contributed by atoms with Crippen molar-refractivity contribution in [1.29, 1.82) is 0 Å². The van der Waals surface area contributed by atoms with Crippen LogP contribution in [-0.4, -0.2) is 33.0 Å². The highest BCUT2D eigenvalue weighted by molar-refractivity contribution is 7.17. The zero-order valence-corrected chi connectivity index (χ0v) is 17.3. The van der Waals surface area contributed by atoms with Crippen molar-refractivity contribution in [3.63, 3.8) is 0 Å². The van der Waals surface area contributed by atoms with Crippen LogP contribution in [-0.2, 0) is 17.9 Å². The summed E-state index contributed by atoms with van der Waals surface area (Å²) < 4.78 is 3.33. The van der Waals surface area contributed by atoms with E-state index in [4.69, 9.17) is 0 Å². The lowest BCUT2D eigenvalue weighted by atomic mass is 9.94. The topological polar surface area (TPSA) is 64.3 Å². The summed E-state index contributed by atoms with van der Waals surface area (Å²) in [6.07, 6.45) is 6.34. The molecule has 0 unspecified atom stereocenters. The number of rotatable bonds is 6. The molecule has 0 aliphatic heterocycles. The van der Waals surface area contributed by atoms with Crippen LogP contribution in [0.25, 0.3) is 10.2 Å². The minimum absolute atomic E-state index is 0.0129. The summed E-state index contributed by atoms with van der Waals surface area (Å²) in [6, 6.07) is 2.02. The van der Waals surface area contributed by atoms with Crippen LogP contribution in [0.15, 0.2) is 21.0 Å². The molecule has 148 valence electrons. The van der Waals surface area contributed by atoms with Gasteiger partial charge in [0.25, 0.3) is 5.56 Å². The molecule has 0 N–H and O–H groups in total. The first-order valence-electron chi connectivity index (χ1n) is 9.86. The Morgan fingerprint density at radius 1 is 1.22 bits per heavy atom. The standard InChI is InChI=1S/C20H29N3O3S/c1-14(2)9-11-22-19(25)18-16(10-12-27-18)23(20(22)26)13-17(24)21(3)15-7-5-4-6-8-15/h10,12,14-15H,4-9,11,13H2,1-3H3. The van der Waals surface area contributed by atoms with Crippen molar-refractivity contribution in [1.82, 2.24) is 14.0 Å². The summed E-state index contributed by atoms with van der Waals surface area (Å²) >= 11 is 1.33. The van der Waals surface area contributed by atoms with E-state index in [1.165, 1.54) is 26.9 Å². The summed E-state index contributed by atoms with van der Waals surface area (Å²) in [5.41, 5.74) is -0.0480. The van der Waals surface area contributed by atoms with E-state index in [1.54, 1.807) is 11.0 Å². The molecule has 2 aromatic heterocycles. The van der Waals surface area contributed by atoms with Gasteiger partial charge in [-0.15, -0.1) is 11.3 Å². The number of carbonyl (C=O) groups is 1. The molecule has 1 amide bonds. The van der Waals surface area contributed by atoms with Crippen LogP contribution in [0.4, 0.5) is 0 Å². The van der Waals surface area contributed by atoms with Gasteiger partial charge in [0, 0.05) is 19.6 Å². The summed E-state index contributed by atoms with van der Waals surface area (Å²) in [6.45, 7) is 4.50. The van der Waals surface area contributed by atoms with E-state index in [0.29, 0.717) is 22.7 Å². The third-order valence-electron chi connectivity index (χ3n) is 5.58. The third-order valence-corrected chi connectivity index (χ3v) is 6.47. The van der Waals surface area contributed by atoms with Crippen molar-refractivity contribution in [2.75, 3.05) is 7.05 Å². The average molecular weight is 392 g/mol. The maximum Gasteiger partial charge on any atom is 0.332 e. The van der Waals surface area contributed by atoms with E-state index in [1.807, 2.05) is 12.4 Å². The molecule has 0 saturated heterocycles. The molecule has 1 fully saturated rings. The lowest BCUT2D eigenvalue weighted by Gasteiger charge is -2.31. The molecule has 1 saturated carbocycles. The highest BCUT2D eigenvalue weighted by atomic mass is 32.1. The van der Waals surface area contributed by atoms with Gasteiger partial charge in [-0.2, -0.15) is 0 Å². The van der Waals surface area contributed by atoms with Crippen LogP contribution in [0.5, 0.6) is 0 Å². The molecule has 0 radical (unpaired) electrons. The van der Waals surface area contributed by atoms with Crippen molar-refractivity contribution in [2.24, 2.45) is 5.92 Å². The second kappa shape index (κ2) is 8.42. The molecular formula is C20H29N3O3S. The number of hydrogen-bond donors (Lipinski definition) is 0. The molecule has 6 nitrogen and oxygen atoms in total. The third kappa shape index (κ3) is 4.18. The Labute approximate surface area is 163 Å². The highest BCUT2D eigenvalue weighted by Gasteiger charge is 2.24. The van der Waals surface area contributed by atoms with Gasteiger partial charge in [0.1, 0.15) is 11.2 Å². The number of fused-ring (bicyclic) bond motifs is 1. The number of nitrogens with zero attached hydrogens (tertiary/aromatic N) is 3. The smallest absolute Gasteiger partial charge is 0.332 e. The van der Waals surface area contributed by atoms with Crippen molar-refractivity contribution >= 4 is 27.5 Å². The predicted molar refractivity (Wildman–Crippen MR) is 109 cm³/mol. The molecule has 2 aromatic rings. The van der Waals surface area contributed by atoms with Crippen LogP contribution in [0, 0.1) is 5.92 Å². The van der Waals surface area contributed by atoms with Crippen molar-refractivity contribution in [3.8, 4) is 0 Å². The lowest BCUT2D eigenvalue weighted by molar-refractivity contribution is -0.133. The van der Waals surface area contributed by atoms with Crippen LogP contribution in [0.2, 0.25) is 0 Å². The zero-order chi connectivity index (χ0) is 19.6. The number of hydrogen-bond acceptors (Lipinski definition) is 4. The molecular weight excluding hydrogens is 362 g/mol. The highest BCUT2D eigenvalue weighted by Crippen LogP contribution is 2.22. The van der Waals surface area contributed by atoms with Gasteiger partial charge in [-0.1, -0.05) is 33.1 Å². The molecule has 1 aliphatic rings. The molecule has 7 heteroatoms. The first kappa shape index (κ1) is 19.9. The zero-order valence-electron chi connectivity index (χ0n) is 16.4. The second-order valence-corrected chi connectivity index (χ2v) is 8.86. The second-order valence-electron chi connectivity index (χ2n) is 7.94. The van der Waals surface area contributed by atoms with Crippen molar-refractivity contribution in [2.45, 2.75) is 71.5 Å². The van der Waals surface area contributed by atoms with Gasteiger partial charge in [-0.25, -0.2) is 4.79 Å². The van der Waals surface area contributed by atoms with Gasteiger partial charge in [-0.3, -0.25) is 18.7 Å². The van der Waals surface area contributed by atoms with E-state index in [9.17, 15) is 14.4 Å². The number of thiophene rings is 1. The van der Waals surface area contributed by atoms with E-state index in [0.717, 1.165) is 32.1 Å². The fourth-order valence-corrected chi connectivity index (χ4v) is 4.63. The number of amides is 1. The Morgan fingerprint density at radius 2 is 1.93 bits per heavy atom. The molecule has 0 spiro atoms. The summed E-state index contributed by atoms with van der Waals surface area (Å²) in [5, 5.41) is 1.81. The van der Waals surface area contributed by atoms with Gasteiger partial charge in [0.05, 0.1) is 5.52 Å². The average Bonchev–Trinajstić information content (AvgIpc) is 3.14. The fourth-order valence-electron chi connectivity index (χ4n) is 3.79. The molecule has 1 aliphatic carbocycles. The van der Waals surface area contributed by atoms with E-state index in [2.05, 4.69) is 13.8 Å². The molecule has 0 aromatic carbocycles. The largest absolute Gasteiger partial charge is 0.341 e. The molecule has 27 heavy (non-hydrogen) atoms. The maximum atomic E-state index is 13.0. The van der Waals surface area contributed by atoms with Crippen LogP contribution < -0.4 is 11.2 Å². The van der Waals surface area contributed by atoms with Gasteiger partial charge in [0.2, 0.25) is 5.91 Å². The number of carbonyl (C=O) groups excluding carboxylic acids is 1. The van der Waals surface area contributed by atoms with Gasteiger partial charge in [0.15, 0.2) is 0 Å². The molecule has 2 heterocycles. The van der Waals surface area contributed by atoms with E-state index < -0.39 is 0 Å². The Morgan fingerprint density at radius 3 is 2.59 bits per heavy atom. The molecule has 0 atom stereocenters. The van der Waals surface area contributed by atoms with Crippen LogP contribution in [0.1, 0.15) is 52.4 Å². The predicted octanol–water partition coefficient (Wildman–Crippen LogP) is 3.06. The lowest BCUT2D eigenvalue weighted by Crippen LogP contribution is -2.45. The Hall–Kier alpha value is -1.89. The van der Waals surface area contributed by atoms with Gasteiger partial charge >= 0.3 is 5.69 Å². The quantitative estimate of drug-likeness (QED) is 0.760. The Bertz CT molecular complexity index is 919. The van der Waals surface area contributed by atoms with E-state index in [-0.39, 0.29) is 29.7 Å².